The summed E-state index contributed by atoms with van der Waals surface area (Å²) in [7, 11) is 0. The summed E-state index contributed by atoms with van der Waals surface area (Å²) in [5, 5.41) is 0.757. The molecule has 1 saturated carbocycles. The predicted octanol–water partition coefficient (Wildman–Crippen LogP) is 2.46. The third-order valence-corrected chi connectivity index (χ3v) is 5.92. The van der Waals surface area contributed by atoms with Crippen molar-refractivity contribution >= 4 is 23.4 Å². The highest BCUT2D eigenvalue weighted by Gasteiger charge is 2.46. The summed E-state index contributed by atoms with van der Waals surface area (Å²) >= 11 is 6.26. The monoisotopic (exact) mass is 377 g/mol. The highest BCUT2D eigenvalue weighted by molar-refractivity contribution is 6.31. The minimum Gasteiger partial charge on any atom is -0.342 e. The molecule has 2 atom stereocenters. The lowest BCUT2D eigenvalue weighted by Gasteiger charge is -2.35. The second kappa shape index (κ2) is 8.40. The van der Waals surface area contributed by atoms with Gasteiger partial charge in [0.2, 0.25) is 11.8 Å². The van der Waals surface area contributed by atoms with Crippen molar-refractivity contribution < 1.29 is 9.59 Å². The third kappa shape index (κ3) is 4.21. The van der Waals surface area contributed by atoms with Crippen LogP contribution in [0.2, 0.25) is 5.02 Å². The Morgan fingerprint density at radius 2 is 1.77 bits per heavy atom. The molecular formula is C20H28ClN3O2. The summed E-state index contributed by atoms with van der Waals surface area (Å²) in [6.45, 7) is 8.90. The lowest BCUT2D eigenvalue weighted by Crippen LogP contribution is -2.52. The van der Waals surface area contributed by atoms with Gasteiger partial charge in [0.15, 0.2) is 0 Å². The van der Waals surface area contributed by atoms with Gasteiger partial charge in [0, 0.05) is 50.2 Å². The largest absolute Gasteiger partial charge is 0.342 e. The number of rotatable bonds is 6. The lowest BCUT2D eigenvalue weighted by molar-refractivity contribution is -0.136. The van der Waals surface area contributed by atoms with Gasteiger partial charge in [0.1, 0.15) is 0 Å². The van der Waals surface area contributed by atoms with Crippen molar-refractivity contribution in [2.24, 2.45) is 5.92 Å². The molecule has 26 heavy (non-hydrogen) atoms. The van der Waals surface area contributed by atoms with E-state index in [4.69, 9.17) is 11.6 Å². The molecule has 6 heteroatoms. The molecule has 1 aliphatic carbocycles. The highest BCUT2D eigenvalue weighted by Crippen LogP contribution is 2.50. The van der Waals surface area contributed by atoms with Crippen LogP contribution in [0.5, 0.6) is 0 Å². The molecule has 2 aliphatic rings. The van der Waals surface area contributed by atoms with Crippen molar-refractivity contribution in [2.75, 3.05) is 45.8 Å². The fraction of sp³-hybridized carbons (Fsp3) is 0.600. The van der Waals surface area contributed by atoms with Crippen LogP contribution in [0.1, 0.15) is 31.7 Å². The van der Waals surface area contributed by atoms with Crippen LogP contribution in [0.3, 0.4) is 0 Å². The maximum atomic E-state index is 12.8. The Morgan fingerprint density at radius 1 is 1.12 bits per heavy atom. The summed E-state index contributed by atoms with van der Waals surface area (Å²) in [5.41, 5.74) is 1.09. The van der Waals surface area contributed by atoms with E-state index in [-0.39, 0.29) is 23.7 Å². The fourth-order valence-corrected chi connectivity index (χ4v) is 4.09. The van der Waals surface area contributed by atoms with Gasteiger partial charge in [-0.25, -0.2) is 0 Å². The molecule has 0 aromatic heterocycles. The van der Waals surface area contributed by atoms with Crippen molar-refractivity contribution in [1.82, 2.24) is 14.7 Å². The van der Waals surface area contributed by atoms with E-state index in [9.17, 15) is 9.59 Å². The quantitative estimate of drug-likeness (QED) is 0.764. The van der Waals surface area contributed by atoms with E-state index in [0.29, 0.717) is 19.6 Å². The Bertz CT molecular complexity index is 654. The molecule has 1 saturated heterocycles. The highest BCUT2D eigenvalue weighted by atomic mass is 35.5. The Balaban J connectivity index is 1.48. The van der Waals surface area contributed by atoms with E-state index in [1.165, 1.54) is 0 Å². The molecule has 5 nitrogen and oxygen atoms in total. The summed E-state index contributed by atoms with van der Waals surface area (Å²) in [5.74, 6) is 0.748. The summed E-state index contributed by atoms with van der Waals surface area (Å²) < 4.78 is 0. The number of hydrogen-bond donors (Lipinski definition) is 0. The van der Waals surface area contributed by atoms with E-state index in [1.54, 1.807) is 0 Å². The molecular weight excluding hydrogens is 350 g/mol. The fourth-order valence-electron chi connectivity index (χ4n) is 3.82. The molecule has 3 rings (SSSR count). The molecule has 2 amide bonds. The van der Waals surface area contributed by atoms with E-state index >= 15 is 0 Å². The summed E-state index contributed by atoms with van der Waals surface area (Å²) in [6, 6.07) is 7.82. The molecule has 0 bridgehead atoms. The zero-order valence-electron chi connectivity index (χ0n) is 15.7. The maximum absolute atomic E-state index is 12.8. The Kier molecular flexibility index (Phi) is 6.20. The molecule has 142 valence electrons. The first-order chi connectivity index (χ1) is 12.5. The first-order valence-corrected chi connectivity index (χ1v) is 9.96. The minimum atomic E-state index is 0.0683. The number of nitrogens with zero attached hydrogens (tertiary/aromatic N) is 3. The third-order valence-electron chi connectivity index (χ3n) is 5.57. The topological polar surface area (TPSA) is 43.9 Å². The Hall–Kier alpha value is -1.59. The number of likely N-dealkylation sites (N-methyl/N-ethyl adjacent to an activating group) is 1. The van der Waals surface area contributed by atoms with Crippen molar-refractivity contribution in [3.63, 3.8) is 0 Å². The smallest absolute Gasteiger partial charge is 0.236 e. The van der Waals surface area contributed by atoms with Crippen molar-refractivity contribution in [2.45, 2.75) is 26.2 Å². The molecule has 0 N–H and O–H groups in total. The van der Waals surface area contributed by atoms with Gasteiger partial charge in [-0.1, -0.05) is 29.8 Å². The molecule has 2 unspecified atom stereocenters. The maximum Gasteiger partial charge on any atom is 0.236 e. The van der Waals surface area contributed by atoms with Crippen LogP contribution < -0.4 is 0 Å². The zero-order chi connectivity index (χ0) is 18.7. The van der Waals surface area contributed by atoms with Crippen molar-refractivity contribution in [3.05, 3.63) is 34.9 Å². The molecule has 0 spiro atoms. The summed E-state index contributed by atoms with van der Waals surface area (Å²) in [6.07, 6.45) is 0.892. The standard InChI is InChI=1S/C20H28ClN3O2/c1-3-23(4-2)19(25)14-22-9-11-24(12-10-22)20(26)17-13-16(17)15-7-5-6-8-18(15)21/h5-8,16-17H,3-4,9-14H2,1-2H3. The van der Waals surface area contributed by atoms with Crippen molar-refractivity contribution in [3.8, 4) is 0 Å². The number of amides is 2. The van der Waals surface area contributed by atoms with E-state index in [0.717, 1.165) is 43.2 Å². The molecule has 1 aromatic carbocycles. The molecule has 2 fully saturated rings. The number of benzene rings is 1. The van der Waals surface area contributed by atoms with Crippen LogP contribution in [0.15, 0.2) is 24.3 Å². The second-order valence-electron chi connectivity index (χ2n) is 7.14. The van der Waals surface area contributed by atoms with Gasteiger partial charge in [-0.05, 0) is 37.8 Å². The van der Waals surface area contributed by atoms with Gasteiger partial charge in [-0.15, -0.1) is 0 Å². The first-order valence-electron chi connectivity index (χ1n) is 9.58. The zero-order valence-corrected chi connectivity index (χ0v) is 16.4. The van der Waals surface area contributed by atoms with Crippen LogP contribution >= 0.6 is 11.6 Å². The van der Waals surface area contributed by atoms with E-state index < -0.39 is 0 Å². The molecule has 1 heterocycles. The number of carbonyl (C=O) groups excluding carboxylic acids is 2. The minimum absolute atomic E-state index is 0.0683. The first kappa shape index (κ1) is 19.2. The van der Waals surface area contributed by atoms with Gasteiger partial charge in [-0.2, -0.15) is 0 Å². The predicted molar refractivity (Wildman–Crippen MR) is 103 cm³/mol. The molecule has 1 aromatic rings. The van der Waals surface area contributed by atoms with Crippen LogP contribution in [0.4, 0.5) is 0 Å². The van der Waals surface area contributed by atoms with E-state index in [2.05, 4.69) is 4.90 Å². The van der Waals surface area contributed by atoms with Crippen LogP contribution in [-0.4, -0.2) is 72.3 Å². The van der Waals surface area contributed by atoms with Gasteiger partial charge in [0.05, 0.1) is 6.54 Å². The number of halogens is 1. The molecule has 1 aliphatic heterocycles. The average molecular weight is 378 g/mol. The SMILES string of the molecule is CCN(CC)C(=O)CN1CCN(C(=O)C2CC2c2ccccc2Cl)CC1. The number of carbonyl (C=O) groups is 2. The van der Waals surface area contributed by atoms with Crippen LogP contribution in [-0.2, 0) is 9.59 Å². The Labute approximate surface area is 160 Å². The van der Waals surface area contributed by atoms with Gasteiger partial charge in [-0.3, -0.25) is 14.5 Å². The Morgan fingerprint density at radius 3 is 2.38 bits per heavy atom. The van der Waals surface area contributed by atoms with Crippen LogP contribution in [0, 0.1) is 5.92 Å². The van der Waals surface area contributed by atoms with E-state index in [1.807, 2.05) is 47.9 Å². The lowest BCUT2D eigenvalue weighted by atomic mass is 10.1. The second-order valence-corrected chi connectivity index (χ2v) is 7.54. The van der Waals surface area contributed by atoms with Crippen LogP contribution in [0.25, 0.3) is 0 Å². The normalized spacial score (nSPS) is 23.0. The van der Waals surface area contributed by atoms with Gasteiger partial charge < -0.3 is 9.80 Å². The van der Waals surface area contributed by atoms with Gasteiger partial charge in [0.25, 0.3) is 0 Å². The average Bonchev–Trinajstić information content (AvgIpc) is 3.44. The molecule has 0 radical (unpaired) electrons. The number of hydrogen-bond acceptors (Lipinski definition) is 3. The van der Waals surface area contributed by atoms with Gasteiger partial charge >= 0.3 is 0 Å². The summed E-state index contributed by atoms with van der Waals surface area (Å²) in [4.78, 5) is 31.0. The number of piperazine rings is 1. The van der Waals surface area contributed by atoms with Crippen molar-refractivity contribution in [1.29, 1.82) is 0 Å².